The van der Waals surface area contributed by atoms with Crippen molar-refractivity contribution >= 4 is 10.1 Å². The highest BCUT2D eigenvalue weighted by Crippen LogP contribution is 2.21. The molecule has 0 radical (unpaired) electrons. The van der Waals surface area contributed by atoms with Gasteiger partial charge in [0, 0.05) is 0 Å². The minimum atomic E-state index is -3.71. The highest BCUT2D eigenvalue weighted by Gasteiger charge is 2.27. The number of benzene rings is 1. The smallest absolute Gasteiger partial charge is 0.297 e. The van der Waals surface area contributed by atoms with Gasteiger partial charge in [-0.1, -0.05) is 18.2 Å². The number of aliphatic hydroxyl groups is 1. The van der Waals surface area contributed by atoms with Crippen LogP contribution in [0.1, 0.15) is 12.8 Å². The average Bonchev–Trinajstić information content (AvgIpc) is 2.86. The van der Waals surface area contributed by atoms with Crippen LogP contribution in [0.4, 0.5) is 0 Å². The summed E-state index contributed by atoms with van der Waals surface area (Å²) >= 11 is 0. The number of hydrogen-bond donors (Lipinski definition) is 1. The third-order valence-electron chi connectivity index (χ3n) is 2.84. The summed E-state index contributed by atoms with van der Waals surface area (Å²) in [6, 6.07) is 8.00. The van der Waals surface area contributed by atoms with Gasteiger partial charge < -0.3 is 9.84 Å². The third-order valence-corrected chi connectivity index (χ3v) is 4.14. The lowest BCUT2D eigenvalue weighted by Crippen LogP contribution is -2.21. The van der Waals surface area contributed by atoms with Gasteiger partial charge in [-0.3, -0.25) is 4.18 Å². The van der Waals surface area contributed by atoms with Gasteiger partial charge in [0.2, 0.25) is 0 Å². The first-order valence-electron chi connectivity index (χ1n) is 5.82. The first kappa shape index (κ1) is 13.5. The van der Waals surface area contributed by atoms with E-state index in [0.717, 1.165) is 6.42 Å². The Morgan fingerprint density at radius 1 is 1.22 bits per heavy atom. The van der Waals surface area contributed by atoms with Crippen LogP contribution < -0.4 is 0 Å². The van der Waals surface area contributed by atoms with Crippen molar-refractivity contribution in [3.05, 3.63) is 30.3 Å². The van der Waals surface area contributed by atoms with Gasteiger partial charge >= 0.3 is 0 Å². The predicted octanol–water partition coefficient (Wildman–Crippen LogP) is 0.932. The van der Waals surface area contributed by atoms with Gasteiger partial charge in [-0.05, 0) is 25.0 Å². The van der Waals surface area contributed by atoms with Crippen molar-refractivity contribution in [1.82, 2.24) is 0 Å². The van der Waals surface area contributed by atoms with E-state index in [-0.39, 0.29) is 30.3 Å². The second-order valence-electron chi connectivity index (χ2n) is 4.19. The van der Waals surface area contributed by atoms with Gasteiger partial charge in [0.05, 0.1) is 30.3 Å². The molecule has 1 aromatic rings. The molecule has 0 spiro atoms. The highest BCUT2D eigenvalue weighted by atomic mass is 32.2. The van der Waals surface area contributed by atoms with Crippen LogP contribution in [0.5, 0.6) is 0 Å². The molecule has 0 aliphatic carbocycles. The molecule has 1 heterocycles. The van der Waals surface area contributed by atoms with Crippen LogP contribution in [0.15, 0.2) is 35.2 Å². The third kappa shape index (κ3) is 3.29. The zero-order valence-electron chi connectivity index (χ0n) is 9.86. The summed E-state index contributed by atoms with van der Waals surface area (Å²) in [4.78, 5) is 0.140. The maximum absolute atomic E-state index is 11.8. The Bertz CT molecular complexity index is 471. The van der Waals surface area contributed by atoms with E-state index in [1.807, 2.05) is 0 Å². The molecule has 1 N–H and O–H groups in total. The molecule has 1 fully saturated rings. The van der Waals surface area contributed by atoms with Crippen molar-refractivity contribution in [2.45, 2.75) is 29.9 Å². The Morgan fingerprint density at radius 2 is 1.89 bits per heavy atom. The lowest BCUT2D eigenvalue weighted by molar-refractivity contribution is -0.00623. The highest BCUT2D eigenvalue weighted by molar-refractivity contribution is 7.86. The molecule has 1 aromatic carbocycles. The maximum Gasteiger partial charge on any atom is 0.297 e. The molecule has 1 saturated heterocycles. The van der Waals surface area contributed by atoms with Crippen LogP contribution in [-0.2, 0) is 19.0 Å². The van der Waals surface area contributed by atoms with E-state index in [9.17, 15) is 8.42 Å². The standard InChI is InChI=1S/C12H16O5S/c13-8-10-6-7-11(17-10)9-16-18(14,15)12-4-2-1-3-5-12/h1-5,10-11,13H,6-9H2. The minimum Gasteiger partial charge on any atom is -0.394 e. The van der Waals surface area contributed by atoms with Crippen LogP contribution in [0.25, 0.3) is 0 Å². The second-order valence-corrected chi connectivity index (χ2v) is 5.81. The molecule has 0 bridgehead atoms. The molecule has 0 aromatic heterocycles. The molecule has 1 aliphatic heterocycles. The molecule has 0 amide bonds. The first-order valence-corrected chi connectivity index (χ1v) is 7.23. The number of hydrogen-bond acceptors (Lipinski definition) is 5. The Kier molecular flexibility index (Phi) is 4.34. The van der Waals surface area contributed by atoms with Crippen molar-refractivity contribution in [2.75, 3.05) is 13.2 Å². The Balaban J connectivity index is 1.91. The molecule has 18 heavy (non-hydrogen) atoms. The Labute approximate surface area is 106 Å². The van der Waals surface area contributed by atoms with Gasteiger partial charge in [-0.2, -0.15) is 8.42 Å². The second kappa shape index (κ2) is 5.79. The van der Waals surface area contributed by atoms with Crippen LogP contribution >= 0.6 is 0 Å². The fraction of sp³-hybridized carbons (Fsp3) is 0.500. The molecule has 6 heteroatoms. The van der Waals surface area contributed by atoms with E-state index in [4.69, 9.17) is 14.0 Å². The predicted molar refractivity (Wildman–Crippen MR) is 64.6 cm³/mol. The summed E-state index contributed by atoms with van der Waals surface area (Å²) in [6.45, 7) is -0.0460. The van der Waals surface area contributed by atoms with E-state index in [1.54, 1.807) is 18.2 Å². The van der Waals surface area contributed by atoms with Crippen LogP contribution in [0.3, 0.4) is 0 Å². The van der Waals surface area contributed by atoms with Gasteiger partial charge in [0.25, 0.3) is 10.1 Å². The quantitative estimate of drug-likeness (QED) is 0.807. The Hall–Kier alpha value is -0.950. The van der Waals surface area contributed by atoms with Crippen LogP contribution in [-0.4, -0.2) is 38.9 Å². The number of rotatable bonds is 5. The summed E-state index contributed by atoms with van der Waals surface area (Å²) in [5.74, 6) is 0. The largest absolute Gasteiger partial charge is 0.394 e. The maximum atomic E-state index is 11.8. The fourth-order valence-electron chi connectivity index (χ4n) is 1.86. The van der Waals surface area contributed by atoms with Gasteiger partial charge in [0.15, 0.2) is 0 Å². The summed E-state index contributed by atoms with van der Waals surface area (Å²) in [6.07, 6.45) is 0.976. The Morgan fingerprint density at radius 3 is 2.50 bits per heavy atom. The molecule has 0 saturated carbocycles. The van der Waals surface area contributed by atoms with Crippen molar-refractivity contribution in [1.29, 1.82) is 0 Å². The number of aliphatic hydroxyl groups excluding tert-OH is 1. The minimum absolute atomic E-state index is 0.00622. The monoisotopic (exact) mass is 272 g/mol. The van der Waals surface area contributed by atoms with E-state index in [0.29, 0.717) is 6.42 Å². The van der Waals surface area contributed by atoms with E-state index >= 15 is 0 Å². The van der Waals surface area contributed by atoms with E-state index < -0.39 is 10.1 Å². The SMILES string of the molecule is O=S(=O)(OCC1CCC(CO)O1)c1ccccc1. The number of ether oxygens (including phenoxy) is 1. The van der Waals surface area contributed by atoms with Crippen molar-refractivity contribution in [2.24, 2.45) is 0 Å². The fourth-order valence-corrected chi connectivity index (χ4v) is 2.82. The van der Waals surface area contributed by atoms with Crippen molar-refractivity contribution in [3.63, 3.8) is 0 Å². The molecule has 2 rings (SSSR count). The van der Waals surface area contributed by atoms with E-state index in [2.05, 4.69) is 0 Å². The molecule has 2 unspecified atom stereocenters. The van der Waals surface area contributed by atoms with Gasteiger partial charge in [0.1, 0.15) is 0 Å². The summed E-state index contributed by atoms with van der Waals surface area (Å²) in [7, 11) is -3.71. The molecule has 2 atom stereocenters. The summed E-state index contributed by atoms with van der Waals surface area (Å²) in [5, 5.41) is 8.91. The first-order chi connectivity index (χ1) is 8.62. The molecule has 5 nitrogen and oxygen atoms in total. The van der Waals surface area contributed by atoms with Crippen molar-refractivity contribution < 1.29 is 22.4 Å². The topological polar surface area (TPSA) is 72.8 Å². The molecular formula is C12H16O5S. The van der Waals surface area contributed by atoms with E-state index in [1.165, 1.54) is 12.1 Å². The van der Waals surface area contributed by atoms with Crippen molar-refractivity contribution in [3.8, 4) is 0 Å². The lowest BCUT2D eigenvalue weighted by atomic mass is 10.2. The normalized spacial score (nSPS) is 24.3. The molecular weight excluding hydrogens is 256 g/mol. The average molecular weight is 272 g/mol. The lowest BCUT2D eigenvalue weighted by Gasteiger charge is -2.12. The molecule has 1 aliphatic rings. The molecule has 100 valence electrons. The van der Waals surface area contributed by atoms with Gasteiger partial charge in [-0.25, -0.2) is 0 Å². The summed E-state index contributed by atoms with van der Waals surface area (Å²) < 4.78 is 34.0. The van der Waals surface area contributed by atoms with Crippen LogP contribution in [0.2, 0.25) is 0 Å². The summed E-state index contributed by atoms with van der Waals surface area (Å²) in [5.41, 5.74) is 0. The van der Waals surface area contributed by atoms with Crippen LogP contribution in [0, 0.1) is 0 Å². The zero-order valence-corrected chi connectivity index (χ0v) is 10.7. The zero-order chi connectivity index (χ0) is 13.0. The van der Waals surface area contributed by atoms with Gasteiger partial charge in [-0.15, -0.1) is 0 Å².